The Morgan fingerprint density at radius 2 is 1.78 bits per heavy atom. The average molecular weight is 376 g/mol. The van der Waals surface area contributed by atoms with Crippen LogP contribution >= 0.6 is 36.2 Å². The summed E-state index contributed by atoms with van der Waals surface area (Å²) in [5.41, 5.74) is 10.9. The van der Waals surface area contributed by atoms with E-state index >= 15 is 0 Å². The molecule has 0 saturated heterocycles. The first kappa shape index (κ1) is 21.9. The van der Waals surface area contributed by atoms with E-state index in [0.717, 1.165) is 11.3 Å². The Balaban J connectivity index is 0.00000242. The van der Waals surface area contributed by atoms with Crippen LogP contribution in [0, 0.1) is 6.92 Å². The molecule has 1 amide bonds. The highest BCUT2D eigenvalue weighted by atomic mass is 35.5. The molecule has 0 fully saturated rings. The average Bonchev–Trinajstić information content (AvgIpc) is 2.90. The molecule has 0 saturated carbocycles. The highest BCUT2D eigenvalue weighted by molar-refractivity contribution is 7.11. The third-order valence-corrected chi connectivity index (χ3v) is 4.39. The summed E-state index contributed by atoms with van der Waals surface area (Å²) < 4.78 is 0. The van der Waals surface area contributed by atoms with E-state index in [9.17, 15) is 4.79 Å². The number of nitrogens with two attached hydrogens (primary N) is 1. The lowest BCUT2D eigenvalue weighted by atomic mass is 9.99. The van der Waals surface area contributed by atoms with Crippen molar-refractivity contribution < 1.29 is 4.79 Å². The van der Waals surface area contributed by atoms with Gasteiger partial charge in [0.05, 0.1) is 11.2 Å². The van der Waals surface area contributed by atoms with Gasteiger partial charge in [-0.3, -0.25) is 4.79 Å². The molecule has 23 heavy (non-hydrogen) atoms. The number of nitrogens with one attached hydrogen (secondary N) is 1. The normalized spacial score (nSPS) is 11.3. The standard InChI is InChI=1S/C16H21N3OS.2ClH/c1-10(2)12-4-6-13(7-5-12)14(17)8-18-16(20)15-11(3)19-9-21-15;;/h4-7,9-10,14H,8,17H2,1-3H3,(H,18,20);2*1H. The van der Waals surface area contributed by atoms with Crippen LogP contribution in [0.25, 0.3) is 0 Å². The second-order valence-electron chi connectivity index (χ2n) is 5.40. The predicted molar refractivity (Wildman–Crippen MR) is 101 cm³/mol. The SMILES string of the molecule is Cc1ncsc1C(=O)NCC(N)c1ccc(C(C)C)cc1.Cl.Cl. The Bertz CT molecular complexity index is 614. The van der Waals surface area contributed by atoms with E-state index in [1.807, 2.05) is 19.1 Å². The molecule has 1 aromatic carbocycles. The number of rotatable bonds is 5. The van der Waals surface area contributed by atoms with Gasteiger partial charge in [0, 0.05) is 12.6 Å². The number of amides is 1. The smallest absolute Gasteiger partial charge is 0.263 e. The molecule has 3 N–H and O–H groups in total. The van der Waals surface area contributed by atoms with Crippen molar-refractivity contribution in [2.24, 2.45) is 5.73 Å². The zero-order valence-corrected chi connectivity index (χ0v) is 15.9. The number of benzene rings is 1. The molecule has 4 nitrogen and oxygen atoms in total. The second kappa shape index (κ2) is 9.88. The van der Waals surface area contributed by atoms with Crippen molar-refractivity contribution in [1.29, 1.82) is 0 Å². The number of carbonyl (C=O) groups excluding carboxylic acids is 1. The molecule has 0 aliphatic heterocycles. The molecule has 1 atom stereocenters. The number of carbonyl (C=O) groups is 1. The van der Waals surface area contributed by atoms with Gasteiger partial charge in [0.2, 0.25) is 0 Å². The van der Waals surface area contributed by atoms with E-state index in [-0.39, 0.29) is 36.8 Å². The number of hydrogen-bond acceptors (Lipinski definition) is 4. The van der Waals surface area contributed by atoms with Crippen LogP contribution in [0.4, 0.5) is 0 Å². The van der Waals surface area contributed by atoms with Gasteiger partial charge in [-0.1, -0.05) is 38.1 Å². The molecule has 1 heterocycles. The van der Waals surface area contributed by atoms with Gasteiger partial charge in [-0.05, 0) is 24.0 Å². The first-order valence-electron chi connectivity index (χ1n) is 7.02. The molecule has 7 heteroatoms. The van der Waals surface area contributed by atoms with Crippen LogP contribution < -0.4 is 11.1 Å². The van der Waals surface area contributed by atoms with Crippen molar-refractivity contribution in [2.75, 3.05) is 6.54 Å². The Morgan fingerprint density at radius 1 is 1.22 bits per heavy atom. The molecule has 1 aromatic heterocycles. The fourth-order valence-corrected chi connectivity index (χ4v) is 2.77. The maximum absolute atomic E-state index is 12.0. The van der Waals surface area contributed by atoms with Crippen LogP contribution in [0.5, 0.6) is 0 Å². The third-order valence-electron chi connectivity index (χ3n) is 3.47. The van der Waals surface area contributed by atoms with Gasteiger partial charge in [-0.2, -0.15) is 0 Å². The number of aryl methyl sites for hydroxylation is 1. The zero-order chi connectivity index (χ0) is 15.4. The van der Waals surface area contributed by atoms with Crippen LogP contribution in [-0.2, 0) is 0 Å². The highest BCUT2D eigenvalue weighted by Gasteiger charge is 2.13. The summed E-state index contributed by atoms with van der Waals surface area (Å²) >= 11 is 1.35. The van der Waals surface area contributed by atoms with Crippen LogP contribution in [0.15, 0.2) is 29.8 Å². The van der Waals surface area contributed by atoms with Crippen LogP contribution in [0.3, 0.4) is 0 Å². The molecule has 0 radical (unpaired) electrons. The molecule has 2 aromatic rings. The molecular formula is C16H23Cl2N3OS. The Labute approximate surface area is 153 Å². The van der Waals surface area contributed by atoms with Crippen molar-refractivity contribution >= 4 is 42.1 Å². The predicted octanol–water partition coefficient (Wildman–Crippen LogP) is 3.85. The Kier molecular flexibility index (Phi) is 9.39. The van der Waals surface area contributed by atoms with Crippen molar-refractivity contribution in [3.8, 4) is 0 Å². The summed E-state index contributed by atoms with van der Waals surface area (Å²) in [5.74, 6) is 0.397. The van der Waals surface area contributed by atoms with Crippen molar-refractivity contribution in [3.05, 3.63) is 51.5 Å². The lowest BCUT2D eigenvalue weighted by Gasteiger charge is -2.14. The van der Waals surface area contributed by atoms with E-state index in [4.69, 9.17) is 5.73 Å². The summed E-state index contributed by atoms with van der Waals surface area (Å²) in [6.07, 6.45) is 0. The number of halogens is 2. The van der Waals surface area contributed by atoms with E-state index < -0.39 is 0 Å². The van der Waals surface area contributed by atoms with Crippen LogP contribution in [0.1, 0.15) is 52.3 Å². The summed E-state index contributed by atoms with van der Waals surface area (Å²) in [6.45, 7) is 6.56. The first-order valence-corrected chi connectivity index (χ1v) is 7.90. The van der Waals surface area contributed by atoms with Crippen molar-refractivity contribution in [2.45, 2.75) is 32.7 Å². The maximum atomic E-state index is 12.0. The largest absolute Gasteiger partial charge is 0.349 e. The number of nitrogens with zero attached hydrogens (tertiary/aromatic N) is 1. The quantitative estimate of drug-likeness (QED) is 0.833. The molecule has 2 rings (SSSR count). The van der Waals surface area contributed by atoms with Crippen LogP contribution in [-0.4, -0.2) is 17.4 Å². The molecule has 128 valence electrons. The molecule has 0 aliphatic rings. The fourth-order valence-electron chi connectivity index (χ4n) is 2.05. The van der Waals surface area contributed by atoms with E-state index in [0.29, 0.717) is 17.3 Å². The summed E-state index contributed by atoms with van der Waals surface area (Å²) in [4.78, 5) is 16.7. The van der Waals surface area contributed by atoms with Gasteiger partial charge in [0.25, 0.3) is 5.91 Å². The molecular weight excluding hydrogens is 353 g/mol. The minimum atomic E-state index is -0.205. The van der Waals surface area contributed by atoms with Gasteiger partial charge >= 0.3 is 0 Å². The molecule has 0 bridgehead atoms. The van der Waals surface area contributed by atoms with Crippen LogP contribution in [0.2, 0.25) is 0 Å². The van der Waals surface area contributed by atoms with E-state index in [1.54, 1.807) is 5.51 Å². The molecule has 0 aliphatic carbocycles. The van der Waals surface area contributed by atoms with Crippen molar-refractivity contribution in [1.82, 2.24) is 10.3 Å². The highest BCUT2D eigenvalue weighted by Crippen LogP contribution is 2.18. The first-order chi connectivity index (χ1) is 9.99. The molecule has 0 spiro atoms. The Morgan fingerprint density at radius 3 is 2.26 bits per heavy atom. The van der Waals surface area contributed by atoms with Gasteiger partial charge in [0.15, 0.2) is 0 Å². The van der Waals surface area contributed by atoms with E-state index in [1.165, 1.54) is 16.9 Å². The fraction of sp³-hybridized carbons (Fsp3) is 0.375. The number of aromatic nitrogens is 1. The topological polar surface area (TPSA) is 68.0 Å². The zero-order valence-electron chi connectivity index (χ0n) is 13.4. The number of hydrogen-bond donors (Lipinski definition) is 2. The maximum Gasteiger partial charge on any atom is 0.263 e. The summed E-state index contributed by atoms with van der Waals surface area (Å²) in [7, 11) is 0. The lowest BCUT2D eigenvalue weighted by molar-refractivity contribution is 0.0954. The minimum Gasteiger partial charge on any atom is -0.349 e. The van der Waals surface area contributed by atoms with Gasteiger partial charge in [0.1, 0.15) is 4.88 Å². The third kappa shape index (κ3) is 5.77. The van der Waals surface area contributed by atoms with Gasteiger partial charge in [-0.15, -0.1) is 36.2 Å². The minimum absolute atomic E-state index is 0. The van der Waals surface area contributed by atoms with Gasteiger partial charge < -0.3 is 11.1 Å². The number of thiazole rings is 1. The monoisotopic (exact) mass is 375 g/mol. The summed E-state index contributed by atoms with van der Waals surface area (Å²) in [5, 5.41) is 2.87. The Hall–Kier alpha value is -1.14. The van der Waals surface area contributed by atoms with E-state index in [2.05, 4.69) is 36.3 Å². The second-order valence-corrected chi connectivity index (χ2v) is 6.26. The van der Waals surface area contributed by atoms with Crippen molar-refractivity contribution in [3.63, 3.8) is 0 Å². The lowest BCUT2D eigenvalue weighted by Crippen LogP contribution is -2.31. The van der Waals surface area contributed by atoms with Gasteiger partial charge in [-0.25, -0.2) is 4.98 Å². The summed E-state index contributed by atoms with van der Waals surface area (Å²) in [6, 6.07) is 8.04. The molecule has 1 unspecified atom stereocenters.